The summed E-state index contributed by atoms with van der Waals surface area (Å²) in [5.41, 5.74) is 0.738. The lowest BCUT2D eigenvalue weighted by molar-refractivity contribution is 0.0371. The fourth-order valence-electron chi connectivity index (χ4n) is 3.39. The van der Waals surface area contributed by atoms with Gasteiger partial charge in [-0.3, -0.25) is 4.79 Å². The number of carbonyl (C=O) groups excluding carboxylic acids is 1. The zero-order valence-electron chi connectivity index (χ0n) is 17.4. The number of halogens is 1. The van der Waals surface area contributed by atoms with Crippen LogP contribution in [-0.4, -0.2) is 23.3 Å². The number of ether oxygens (including phenoxy) is 1. The first kappa shape index (κ1) is 24.4. The molecule has 154 valence electrons. The Hall–Kier alpha value is -0.670. The average molecular weight is 439 g/mol. The second kappa shape index (κ2) is 16.3. The summed E-state index contributed by atoms with van der Waals surface area (Å²) in [5.74, 6) is 0.0749. The van der Waals surface area contributed by atoms with Crippen LogP contribution in [0.1, 0.15) is 101 Å². The van der Waals surface area contributed by atoms with Crippen LogP contribution >= 0.6 is 15.9 Å². The Morgan fingerprint density at radius 3 is 2.04 bits per heavy atom. The van der Waals surface area contributed by atoms with E-state index in [9.17, 15) is 4.79 Å². The van der Waals surface area contributed by atoms with Crippen molar-refractivity contribution in [2.75, 3.05) is 6.61 Å². The molecule has 0 saturated heterocycles. The predicted molar refractivity (Wildman–Crippen MR) is 120 cm³/mol. The molecule has 1 aromatic rings. The highest BCUT2D eigenvalue weighted by Gasteiger charge is 2.15. The topological polar surface area (TPSA) is 26.3 Å². The molecule has 0 radical (unpaired) electrons. The first-order chi connectivity index (χ1) is 13.1. The van der Waals surface area contributed by atoms with Crippen molar-refractivity contribution in [1.29, 1.82) is 0 Å². The molecule has 1 rings (SSSR count). The molecule has 0 amide bonds. The van der Waals surface area contributed by atoms with Crippen LogP contribution in [0.15, 0.2) is 30.3 Å². The van der Waals surface area contributed by atoms with Crippen LogP contribution in [0.25, 0.3) is 0 Å². The normalized spacial score (nSPS) is 13.4. The lowest BCUT2D eigenvalue weighted by Gasteiger charge is -2.19. The van der Waals surface area contributed by atoms with Crippen molar-refractivity contribution < 1.29 is 9.53 Å². The number of Topliss-reactive ketones (excluding diaryl/α,β-unsaturated/α-hetero) is 1. The maximum Gasteiger partial charge on any atom is 0.188 e. The van der Waals surface area contributed by atoms with Crippen LogP contribution in [0.5, 0.6) is 0 Å². The van der Waals surface area contributed by atoms with E-state index in [-0.39, 0.29) is 18.5 Å². The smallest absolute Gasteiger partial charge is 0.188 e. The van der Waals surface area contributed by atoms with Gasteiger partial charge < -0.3 is 4.74 Å². The number of benzene rings is 1. The van der Waals surface area contributed by atoms with Gasteiger partial charge in [-0.15, -0.1) is 0 Å². The maximum atomic E-state index is 12.2. The van der Waals surface area contributed by atoms with Gasteiger partial charge in [-0.2, -0.15) is 0 Å². The molecule has 2 unspecified atom stereocenters. The van der Waals surface area contributed by atoms with E-state index in [1.54, 1.807) is 0 Å². The van der Waals surface area contributed by atoms with Crippen molar-refractivity contribution in [2.45, 2.75) is 102 Å². The molecular weight excluding hydrogens is 400 g/mol. The largest absolute Gasteiger partial charge is 0.370 e. The molecule has 0 aliphatic rings. The molecule has 3 heteroatoms. The van der Waals surface area contributed by atoms with Crippen molar-refractivity contribution >= 4 is 21.7 Å². The van der Waals surface area contributed by atoms with Crippen LogP contribution in [0.3, 0.4) is 0 Å². The van der Waals surface area contributed by atoms with Crippen molar-refractivity contribution in [3.8, 4) is 0 Å². The van der Waals surface area contributed by atoms with E-state index < -0.39 is 0 Å². The highest BCUT2D eigenvalue weighted by Crippen LogP contribution is 2.18. The van der Waals surface area contributed by atoms with Crippen molar-refractivity contribution in [1.82, 2.24) is 0 Å². The molecule has 0 heterocycles. The number of hydrogen-bond acceptors (Lipinski definition) is 2. The Bertz CT molecular complexity index is 473. The number of ketones is 1. The molecule has 1 aromatic carbocycles. The Morgan fingerprint density at radius 1 is 0.926 bits per heavy atom. The second-order valence-corrected chi connectivity index (χ2v) is 9.27. The molecule has 2 atom stereocenters. The van der Waals surface area contributed by atoms with Crippen molar-refractivity contribution in [3.05, 3.63) is 35.9 Å². The first-order valence-corrected chi connectivity index (χ1v) is 11.9. The second-order valence-electron chi connectivity index (χ2n) is 7.71. The van der Waals surface area contributed by atoms with Crippen LogP contribution in [0, 0.1) is 0 Å². The minimum absolute atomic E-state index is 0.0749. The zero-order valence-corrected chi connectivity index (χ0v) is 19.0. The minimum atomic E-state index is 0.0749. The molecule has 27 heavy (non-hydrogen) atoms. The molecule has 0 aliphatic carbocycles. The van der Waals surface area contributed by atoms with Gasteiger partial charge in [0.25, 0.3) is 0 Å². The summed E-state index contributed by atoms with van der Waals surface area (Å²) in [6.07, 6.45) is 15.6. The van der Waals surface area contributed by atoms with Gasteiger partial charge in [0, 0.05) is 10.4 Å². The average Bonchev–Trinajstić information content (AvgIpc) is 2.67. The van der Waals surface area contributed by atoms with Gasteiger partial charge in [-0.05, 0) is 12.8 Å². The summed E-state index contributed by atoms with van der Waals surface area (Å²) >= 11 is 3.63. The van der Waals surface area contributed by atoms with Crippen LogP contribution in [-0.2, 0) is 4.74 Å². The summed E-state index contributed by atoms with van der Waals surface area (Å²) in [4.78, 5) is 12.7. The van der Waals surface area contributed by atoms with Crippen molar-refractivity contribution in [3.63, 3.8) is 0 Å². The Morgan fingerprint density at radius 2 is 1.48 bits per heavy atom. The lowest BCUT2D eigenvalue weighted by Crippen LogP contribution is -2.21. The van der Waals surface area contributed by atoms with Gasteiger partial charge in [0.2, 0.25) is 0 Å². The number of alkyl halides is 1. The summed E-state index contributed by atoms with van der Waals surface area (Å²) in [7, 11) is 0. The standard InChI is InChI=1S/C24H39BrO2/c1-3-4-5-6-7-8-9-10-11-15-18-23(19-21(2)25)27-20-24(26)22-16-13-12-14-17-22/h12-14,16-17,21,23H,3-11,15,18-20H2,1-2H3. The Balaban J connectivity index is 2.16. The van der Waals surface area contributed by atoms with Crippen LogP contribution in [0.4, 0.5) is 0 Å². The van der Waals surface area contributed by atoms with E-state index in [1.165, 1.54) is 64.2 Å². The fourth-order valence-corrected chi connectivity index (χ4v) is 3.81. The molecule has 0 spiro atoms. The maximum absolute atomic E-state index is 12.2. The summed E-state index contributed by atoms with van der Waals surface area (Å²) in [6, 6.07) is 9.44. The summed E-state index contributed by atoms with van der Waals surface area (Å²) in [5, 5.41) is 0. The molecule has 0 aromatic heterocycles. The van der Waals surface area contributed by atoms with Crippen molar-refractivity contribution in [2.24, 2.45) is 0 Å². The molecular formula is C24H39BrO2. The van der Waals surface area contributed by atoms with Crippen LogP contribution < -0.4 is 0 Å². The number of hydrogen-bond donors (Lipinski definition) is 0. The van der Waals surface area contributed by atoms with E-state index in [0.717, 1.165) is 18.4 Å². The van der Waals surface area contributed by atoms with E-state index in [2.05, 4.69) is 29.8 Å². The quantitative estimate of drug-likeness (QED) is 0.141. The third-order valence-corrected chi connectivity index (χ3v) is 5.39. The lowest BCUT2D eigenvalue weighted by atomic mass is 10.0. The highest BCUT2D eigenvalue weighted by atomic mass is 79.9. The molecule has 0 fully saturated rings. The highest BCUT2D eigenvalue weighted by molar-refractivity contribution is 9.09. The van der Waals surface area contributed by atoms with E-state index in [0.29, 0.717) is 4.83 Å². The van der Waals surface area contributed by atoms with Gasteiger partial charge in [-0.1, -0.05) is 124 Å². The van der Waals surface area contributed by atoms with Gasteiger partial charge in [0.1, 0.15) is 6.61 Å². The van der Waals surface area contributed by atoms with Gasteiger partial charge in [0.05, 0.1) is 6.10 Å². The molecule has 0 aliphatic heterocycles. The summed E-state index contributed by atoms with van der Waals surface area (Å²) < 4.78 is 5.97. The molecule has 0 saturated carbocycles. The van der Waals surface area contributed by atoms with Gasteiger partial charge in [0.15, 0.2) is 5.78 Å². The number of rotatable bonds is 17. The summed E-state index contributed by atoms with van der Waals surface area (Å²) in [6.45, 7) is 4.60. The SMILES string of the molecule is CCCCCCCCCCCCC(CC(C)Br)OCC(=O)c1ccccc1. The Kier molecular flexibility index (Phi) is 14.7. The van der Waals surface area contributed by atoms with E-state index in [1.807, 2.05) is 30.3 Å². The third-order valence-electron chi connectivity index (χ3n) is 5.01. The zero-order chi connectivity index (χ0) is 19.7. The van der Waals surface area contributed by atoms with Crippen LogP contribution in [0.2, 0.25) is 0 Å². The number of carbonyl (C=O) groups is 1. The van der Waals surface area contributed by atoms with Gasteiger partial charge >= 0.3 is 0 Å². The van der Waals surface area contributed by atoms with E-state index in [4.69, 9.17) is 4.74 Å². The Labute approximate surface area is 175 Å². The molecule has 0 bridgehead atoms. The third kappa shape index (κ3) is 13.2. The monoisotopic (exact) mass is 438 g/mol. The molecule has 2 nitrogen and oxygen atoms in total. The van der Waals surface area contributed by atoms with Gasteiger partial charge in [-0.25, -0.2) is 0 Å². The minimum Gasteiger partial charge on any atom is -0.370 e. The first-order valence-electron chi connectivity index (χ1n) is 11.0. The number of unbranched alkanes of at least 4 members (excludes halogenated alkanes) is 9. The molecule has 0 N–H and O–H groups in total. The van der Waals surface area contributed by atoms with E-state index >= 15 is 0 Å². The fraction of sp³-hybridized carbons (Fsp3) is 0.708. The predicted octanol–water partition coefficient (Wildman–Crippen LogP) is 7.74.